The number of carbonyl (C=O) groups is 1. The molecule has 1 amide bonds. The van der Waals surface area contributed by atoms with Crippen molar-refractivity contribution in [1.82, 2.24) is 18.7 Å². The minimum atomic E-state index is -1.03. The van der Waals surface area contributed by atoms with Crippen LogP contribution in [0.2, 0.25) is 0 Å². The Bertz CT molecular complexity index is 2040. The maximum absolute atomic E-state index is 15.9. The van der Waals surface area contributed by atoms with Gasteiger partial charge in [-0.2, -0.15) is 5.26 Å². The summed E-state index contributed by atoms with van der Waals surface area (Å²) >= 11 is 0. The summed E-state index contributed by atoms with van der Waals surface area (Å²) in [7, 11) is 3.43. The van der Waals surface area contributed by atoms with Crippen LogP contribution in [-0.2, 0) is 24.3 Å². The van der Waals surface area contributed by atoms with Gasteiger partial charge in [-0.05, 0) is 63.6 Å². The third kappa shape index (κ3) is 4.18. The third-order valence-electron chi connectivity index (χ3n) is 7.55. The van der Waals surface area contributed by atoms with E-state index in [1.807, 2.05) is 26.0 Å². The highest BCUT2D eigenvalue weighted by molar-refractivity contribution is 5.96. The molecule has 5 aromatic rings. The fourth-order valence-corrected chi connectivity index (χ4v) is 5.48. The lowest BCUT2D eigenvalue weighted by atomic mass is 9.94. The second kappa shape index (κ2) is 9.48. The molecule has 3 aromatic carbocycles. The summed E-state index contributed by atoms with van der Waals surface area (Å²) in [6.45, 7) is 7.43. The lowest BCUT2D eigenvalue weighted by Crippen LogP contribution is -2.25. The van der Waals surface area contributed by atoms with Gasteiger partial charge >= 0.3 is 5.69 Å². The van der Waals surface area contributed by atoms with E-state index >= 15 is 4.39 Å². The van der Waals surface area contributed by atoms with Gasteiger partial charge in [0.25, 0.3) is 5.91 Å². The van der Waals surface area contributed by atoms with Gasteiger partial charge in [-0.3, -0.25) is 18.5 Å². The van der Waals surface area contributed by atoms with E-state index in [-0.39, 0.29) is 24.2 Å². The number of fused-ring (bicyclic) bond motifs is 3. The Labute approximate surface area is 240 Å². The van der Waals surface area contributed by atoms with Gasteiger partial charge in [-0.15, -0.1) is 0 Å². The van der Waals surface area contributed by atoms with Gasteiger partial charge in [0.15, 0.2) is 6.61 Å². The molecule has 0 fully saturated rings. The van der Waals surface area contributed by atoms with E-state index in [1.54, 1.807) is 65.9 Å². The molecule has 0 radical (unpaired) electrons. The van der Waals surface area contributed by atoms with Crippen LogP contribution in [0.5, 0.6) is 5.75 Å². The average Bonchev–Trinajstić information content (AvgIpc) is 3.43. The minimum absolute atomic E-state index is 0.0715. The molecule has 6 rings (SSSR count). The van der Waals surface area contributed by atoms with E-state index in [2.05, 4.69) is 16.7 Å². The predicted molar refractivity (Wildman–Crippen MR) is 160 cm³/mol. The number of nitrogens with one attached hydrogen (secondary N) is 2. The molecule has 0 spiro atoms. The molecule has 214 valence electrons. The number of halogens is 1. The molecule has 1 aliphatic rings. The molecule has 0 aliphatic carbocycles. The molecule has 0 saturated carbocycles. The zero-order valence-corrected chi connectivity index (χ0v) is 24.2. The lowest BCUT2D eigenvalue weighted by Gasteiger charge is -2.20. The second-order valence-corrected chi connectivity index (χ2v) is 11.4. The summed E-state index contributed by atoms with van der Waals surface area (Å²) in [5.41, 5.74) is 3.95. The van der Waals surface area contributed by atoms with Crippen LogP contribution in [0.3, 0.4) is 0 Å². The smallest absolute Gasteiger partial charge is 0.328 e. The number of amides is 1. The van der Waals surface area contributed by atoms with Crippen LogP contribution in [0.15, 0.2) is 47.3 Å². The molecule has 1 aliphatic heterocycles. The largest absolute Gasteiger partial charge is 0.482 e. The highest BCUT2D eigenvalue weighted by Crippen LogP contribution is 2.38. The standard InChI is InChI=1S/C31H30FN7O3/c1-16(2)34-23-10-18(11-25-28(23)38(6)30(41)37(25)5)39-24-13-20(32)19(12-22(24)36-29(39)31(3,4)15-33)17-7-8-21-26(9-17)42-14-27(40)35-21/h7-13,16,34H,14H2,1-6H3,(H,35,40). The number of nitrogens with zero attached hydrogens (tertiary/aromatic N) is 5. The zero-order chi connectivity index (χ0) is 30.1. The van der Waals surface area contributed by atoms with E-state index < -0.39 is 11.2 Å². The Morgan fingerprint density at radius 3 is 2.57 bits per heavy atom. The molecular weight excluding hydrogens is 537 g/mol. The van der Waals surface area contributed by atoms with Crippen molar-refractivity contribution >= 4 is 39.3 Å². The Morgan fingerprint density at radius 1 is 1.10 bits per heavy atom. The van der Waals surface area contributed by atoms with Crippen molar-refractivity contribution < 1.29 is 13.9 Å². The van der Waals surface area contributed by atoms with Crippen molar-refractivity contribution in [2.45, 2.75) is 39.2 Å². The summed E-state index contributed by atoms with van der Waals surface area (Å²) in [6, 6.07) is 14.3. The maximum Gasteiger partial charge on any atom is 0.328 e. The van der Waals surface area contributed by atoms with Crippen molar-refractivity contribution in [3.8, 4) is 28.6 Å². The molecule has 42 heavy (non-hydrogen) atoms. The molecule has 0 atom stereocenters. The Hall–Kier alpha value is -5.11. The van der Waals surface area contributed by atoms with E-state index in [9.17, 15) is 14.9 Å². The minimum Gasteiger partial charge on any atom is -0.482 e. The summed E-state index contributed by atoms with van der Waals surface area (Å²) in [5, 5.41) is 16.3. The average molecular weight is 568 g/mol. The molecule has 0 unspecified atom stereocenters. The quantitative estimate of drug-likeness (QED) is 0.309. The topological polar surface area (TPSA) is 119 Å². The van der Waals surface area contributed by atoms with E-state index in [0.717, 1.165) is 11.2 Å². The number of hydrogen-bond acceptors (Lipinski definition) is 6. The molecular formula is C31H30FN7O3. The van der Waals surface area contributed by atoms with Crippen molar-refractivity contribution in [2.24, 2.45) is 14.1 Å². The van der Waals surface area contributed by atoms with Crippen LogP contribution in [0, 0.1) is 17.1 Å². The van der Waals surface area contributed by atoms with Gasteiger partial charge in [0.2, 0.25) is 0 Å². The van der Waals surface area contributed by atoms with Gasteiger partial charge < -0.3 is 15.4 Å². The number of anilines is 2. The van der Waals surface area contributed by atoms with Crippen molar-refractivity contribution in [3.05, 3.63) is 64.6 Å². The summed E-state index contributed by atoms with van der Waals surface area (Å²) in [4.78, 5) is 29.4. The molecule has 10 nitrogen and oxygen atoms in total. The Kier molecular flexibility index (Phi) is 6.11. The fourth-order valence-electron chi connectivity index (χ4n) is 5.48. The van der Waals surface area contributed by atoms with Crippen LogP contribution in [0.25, 0.3) is 38.9 Å². The van der Waals surface area contributed by atoms with Crippen molar-refractivity contribution in [3.63, 3.8) is 0 Å². The molecule has 2 N–H and O–H groups in total. The second-order valence-electron chi connectivity index (χ2n) is 11.4. The first-order valence-electron chi connectivity index (χ1n) is 13.6. The number of benzene rings is 3. The van der Waals surface area contributed by atoms with Crippen LogP contribution in [-0.4, -0.2) is 37.2 Å². The summed E-state index contributed by atoms with van der Waals surface area (Å²) < 4.78 is 26.4. The van der Waals surface area contributed by atoms with E-state index in [4.69, 9.17) is 9.72 Å². The SMILES string of the molecule is CC(C)Nc1cc(-n2c(C(C)(C)C#N)nc3cc(-c4ccc5c(c4)OCC(=O)N5)c(F)cc32)cc2c1n(C)c(=O)n2C. The first-order valence-corrected chi connectivity index (χ1v) is 13.6. The van der Waals surface area contributed by atoms with Gasteiger partial charge in [0.1, 0.15) is 22.8 Å². The molecule has 3 heterocycles. The molecule has 0 bridgehead atoms. The van der Waals surface area contributed by atoms with Crippen LogP contribution in [0.1, 0.15) is 33.5 Å². The predicted octanol–water partition coefficient (Wildman–Crippen LogP) is 4.97. The van der Waals surface area contributed by atoms with Crippen molar-refractivity contribution in [1.29, 1.82) is 5.26 Å². The van der Waals surface area contributed by atoms with E-state index in [1.165, 1.54) is 6.07 Å². The number of carbonyl (C=O) groups excluding carboxylic acids is 1. The number of ether oxygens (including phenoxy) is 1. The monoisotopic (exact) mass is 567 g/mol. The highest BCUT2D eigenvalue weighted by atomic mass is 19.1. The van der Waals surface area contributed by atoms with Gasteiger partial charge in [0, 0.05) is 31.8 Å². The third-order valence-corrected chi connectivity index (χ3v) is 7.55. The van der Waals surface area contributed by atoms with Crippen LogP contribution >= 0.6 is 0 Å². The molecule has 2 aromatic heterocycles. The van der Waals surface area contributed by atoms with Crippen molar-refractivity contribution in [2.75, 3.05) is 17.2 Å². The number of aromatic nitrogens is 4. The Morgan fingerprint density at radius 2 is 1.86 bits per heavy atom. The van der Waals surface area contributed by atoms with Crippen LogP contribution < -0.4 is 21.1 Å². The lowest BCUT2D eigenvalue weighted by molar-refractivity contribution is -0.118. The van der Waals surface area contributed by atoms with Crippen LogP contribution in [0.4, 0.5) is 15.8 Å². The summed E-state index contributed by atoms with van der Waals surface area (Å²) in [5.74, 6) is 0.152. The zero-order valence-electron chi connectivity index (χ0n) is 24.2. The summed E-state index contributed by atoms with van der Waals surface area (Å²) in [6.07, 6.45) is 0. The highest BCUT2D eigenvalue weighted by Gasteiger charge is 2.30. The fraction of sp³-hybridized carbons (Fsp3) is 0.290. The van der Waals surface area contributed by atoms with Gasteiger partial charge in [-0.1, -0.05) is 6.07 Å². The first-order chi connectivity index (χ1) is 19.9. The normalized spacial score (nSPS) is 13.3. The Balaban J connectivity index is 1.61. The van der Waals surface area contributed by atoms with Gasteiger partial charge in [0.05, 0.1) is 45.2 Å². The number of imidazole rings is 2. The number of rotatable bonds is 5. The molecule has 11 heteroatoms. The molecule has 0 saturated heterocycles. The number of nitriles is 1. The van der Waals surface area contributed by atoms with E-state index in [0.29, 0.717) is 50.6 Å². The van der Waals surface area contributed by atoms with Gasteiger partial charge in [-0.25, -0.2) is 14.2 Å². The number of aryl methyl sites for hydroxylation is 2. The number of hydrogen-bond donors (Lipinski definition) is 2. The maximum atomic E-state index is 15.9. The first kappa shape index (κ1) is 27.1.